The van der Waals surface area contributed by atoms with Crippen LogP contribution in [0.15, 0.2) is 53.7 Å². The second kappa shape index (κ2) is 5.81. The summed E-state index contributed by atoms with van der Waals surface area (Å²) in [6.45, 7) is 3.56. The van der Waals surface area contributed by atoms with Crippen LogP contribution in [0.1, 0.15) is 11.1 Å². The molecule has 3 rings (SSSR count). The van der Waals surface area contributed by atoms with Crippen molar-refractivity contribution in [1.29, 1.82) is 0 Å². The maximum atomic E-state index is 12.5. The van der Waals surface area contributed by atoms with Crippen molar-refractivity contribution in [2.45, 2.75) is 18.7 Å². The molecular formula is C15H14N4O3S. The van der Waals surface area contributed by atoms with Crippen molar-refractivity contribution in [3.63, 3.8) is 0 Å². The van der Waals surface area contributed by atoms with Gasteiger partial charge >= 0.3 is 10.1 Å². The van der Waals surface area contributed by atoms with Gasteiger partial charge in [-0.1, -0.05) is 18.2 Å². The van der Waals surface area contributed by atoms with Crippen molar-refractivity contribution in [3.05, 3.63) is 59.9 Å². The number of tetrazole rings is 1. The van der Waals surface area contributed by atoms with Gasteiger partial charge in [-0.2, -0.15) is 8.42 Å². The van der Waals surface area contributed by atoms with E-state index in [1.54, 1.807) is 43.3 Å². The summed E-state index contributed by atoms with van der Waals surface area (Å²) in [5.74, 6) is 0.193. The molecule has 3 aromatic rings. The molecule has 1 heterocycles. The van der Waals surface area contributed by atoms with Crippen LogP contribution in [0, 0.1) is 13.8 Å². The quantitative estimate of drug-likeness (QED) is 0.680. The Bertz CT molecular complexity index is 937. The monoisotopic (exact) mass is 330 g/mol. The zero-order valence-corrected chi connectivity index (χ0v) is 13.4. The van der Waals surface area contributed by atoms with Crippen molar-refractivity contribution in [3.8, 4) is 11.4 Å². The van der Waals surface area contributed by atoms with Crippen molar-refractivity contribution >= 4 is 10.1 Å². The van der Waals surface area contributed by atoms with Crippen molar-refractivity contribution in [2.24, 2.45) is 0 Å². The molecule has 0 aliphatic heterocycles. The molecule has 0 aliphatic rings. The minimum Gasteiger partial charge on any atom is -0.379 e. The van der Waals surface area contributed by atoms with Crippen molar-refractivity contribution < 1.29 is 12.6 Å². The average molecular weight is 330 g/mol. The number of benzene rings is 2. The standard InChI is InChI=1S/C15H14N4O3S/c1-11-6-7-12(2)15(8-11)23(20,21)22-14-5-3-4-13(9-14)19-10-16-17-18-19/h3-10H,1-2H3. The van der Waals surface area contributed by atoms with E-state index < -0.39 is 10.1 Å². The third-order valence-corrected chi connectivity index (χ3v) is 4.64. The highest BCUT2D eigenvalue weighted by Crippen LogP contribution is 2.23. The van der Waals surface area contributed by atoms with E-state index in [2.05, 4.69) is 15.5 Å². The van der Waals surface area contributed by atoms with E-state index in [-0.39, 0.29) is 10.6 Å². The summed E-state index contributed by atoms with van der Waals surface area (Å²) in [5, 5.41) is 10.8. The van der Waals surface area contributed by atoms with Gasteiger partial charge in [-0.3, -0.25) is 0 Å². The third-order valence-electron chi connectivity index (χ3n) is 3.25. The number of hydrogen-bond acceptors (Lipinski definition) is 6. The maximum absolute atomic E-state index is 12.5. The first-order valence-electron chi connectivity index (χ1n) is 6.81. The van der Waals surface area contributed by atoms with E-state index in [1.807, 2.05) is 13.0 Å². The highest BCUT2D eigenvalue weighted by Gasteiger charge is 2.19. The van der Waals surface area contributed by atoms with E-state index in [4.69, 9.17) is 4.18 Å². The van der Waals surface area contributed by atoms with Gasteiger partial charge in [-0.05, 0) is 53.6 Å². The van der Waals surface area contributed by atoms with E-state index in [0.29, 0.717) is 11.3 Å². The minimum atomic E-state index is -3.91. The van der Waals surface area contributed by atoms with Gasteiger partial charge in [0.15, 0.2) is 0 Å². The average Bonchev–Trinajstić information content (AvgIpc) is 3.04. The van der Waals surface area contributed by atoms with Gasteiger partial charge in [0.05, 0.1) is 5.69 Å². The Balaban J connectivity index is 1.95. The Labute approximate surface area is 133 Å². The molecule has 23 heavy (non-hydrogen) atoms. The van der Waals surface area contributed by atoms with E-state index >= 15 is 0 Å². The first-order valence-corrected chi connectivity index (χ1v) is 8.22. The molecule has 0 N–H and O–H groups in total. The summed E-state index contributed by atoms with van der Waals surface area (Å²) in [4.78, 5) is 0.158. The lowest BCUT2D eigenvalue weighted by Gasteiger charge is -2.10. The van der Waals surface area contributed by atoms with Gasteiger partial charge in [0.2, 0.25) is 0 Å². The molecule has 0 amide bonds. The second-order valence-corrected chi connectivity index (χ2v) is 6.57. The van der Waals surface area contributed by atoms with Gasteiger partial charge in [0.1, 0.15) is 17.0 Å². The summed E-state index contributed by atoms with van der Waals surface area (Å²) in [6.07, 6.45) is 1.41. The fourth-order valence-corrected chi connectivity index (χ4v) is 3.35. The molecule has 7 nitrogen and oxygen atoms in total. The largest absolute Gasteiger partial charge is 0.379 e. The molecule has 0 aliphatic carbocycles. The molecule has 0 saturated heterocycles. The van der Waals surface area contributed by atoms with E-state index in [0.717, 1.165) is 5.56 Å². The number of rotatable bonds is 4. The molecule has 0 bridgehead atoms. The summed E-state index contributed by atoms with van der Waals surface area (Å²) >= 11 is 0. The zero-order valence-electron chi connectivity index (χ0n) is 12.5. The Hall–Kier alpha value is -2.74. The molecule has 0 fully saturated rings. The Morgan fingerprint density at radius 3 is 2.65 bits per heavy atom. The maximum Gasteiger partial charge on any atom is 0.339 e. The summed E-state index contributed by atoms with van der Waals surface area (Å²) in [7, 11) is -3.91. The van der Waals surface area contributed by atoms with Crippen LogP contribution in [0.25, 0.3) is 5.69 Å². The predicted octanol–water partition coefficient (Wildman–Crippen LogP) is 2.05. The molecule has 0 spiro atoms. The van der Waals surface area contributed by atoms with Crippen LogP contribution >= 0.6 is 0 Å². The smallest absolute Gasteiger partial charge is 0.339 e. The summed E-state index contributed by atoms with van der Waals surface area (Å²) in [5.41, 5.74) is 2.08. The molecule has 8 heteroatoms. The molecule has 0 radical (unpaired) electrons. The van der Waals surface area contributed by atoms with E-state index in [9.17, 15) is 8.42 Å². The number of aryl methyl sites for hydroxylation is 2. The van der Waals surface area contributed by atoms with Crippen LogP contribution < -0.4 is 4.18 Å². The lowest BCUT2D eigenvalue weighted by molar-refractivity contribution is 0.485. The normalized spacial score (nSPS) is 11.4. The first-order chi connectivity index (χ1) is 11.0. The van der Waals surface area contributed by atoms with Crippen LogP contribution in [-0.2, 0) is 10.1 Å². The molecular weight excluding hydrogens is 316 g/mol. The number of aromatic nitrogens is 4. The van der Waals surface area contributed by atoms with Crippen LogP contribution in [0.5, 0.6) is 5.75 Å². The van der Waals surface area contributed by atoms with E-state index in [1.165, 1.54) is 11.0 Å². The predicted molar refractivity (Wildman–Crippen MR) is 82.9 cm³/mol. The Morgan fingerprint density at radius 2 is 1.91 bits per heavy atom. The van der Waals surface area contributed by atoms with Crippen LogP contribution in [0.2, 0.25) is 0 Å². The molecule has 1 aromatic heterocycles. The highest BCUT2D eigenvalue weighted by molar-refractivity contribution is 7.87. The van der Waals surface area contributed by atoms with Crippen molar-refractivity contribution in [2.75, 3.05) is 0 Å². The van der Waals surface area contributed by atoms with Crippen LogP contribution in [-0.4, -0.2) is 28.6 Å². The molecule has 0 saturated carbocycles. The van der Waals surface area contributed by atoms with Gasteiger partial charge in [-0.25, -0.2) is 4.68 Å². The second-order valence-electron chi connectivity index (χ2n) is 5.06. The van der Waals surface area contributed by atoms with Crippen LogP contribution in [0.4, 0.5) is 0 Å². The number of hydrogen-bond donors (Lipinski definition) is 0. The highest BCUT2D eigenvalue weighted by atomic mass is 32.2. The topological polar surface area (TPSA) is 87.0 Å². The van der Waals surface area contributed by atoms with Gasteiger partial charge in [-0.15, -0.1) is 5.10 Å². The summed E-state index contributed by atoms with van der Waals surface area (Å²) in [6, 6.07) is 11.7. The zero-order chi connectivity index (χ0) is 16.4. The van der Waals surface area contributed by atoms with Crippen molar-refractivity contribution in [1.82, 2.24) is 20.2 Å². The molecule has 118 valence electrons. The molecule has 2 aromatic carbocycles. The third kappa shape index (κ3) is 3.21. The lowest BCUT2D eigenvalue weighted by atomic mass is 10.2. The fourth-order valence-electron chi connectivity index (χ4n) is 2.11. The van der Waals surface area contributed by atoms with Gasteiger partial charge in [0, 0.05) is 6.07 Å². The SMILES string of the molecule is Cc1ccc(C)c(S(=O)(=O)Oc2cccc(-n3cnnn3)c2)c1. The van der Waals surface area contributed by atoms with Gasteiger partial charge in [0.25, 0.3) is 0 Å². The summed E-state index contributed by atoms with van der Waals surface area (Å²) < 4.78 is 31.7. The lowest BCUT2D eigenvalue weighted by Crippen LogP contribution is -2.11. The first kappa shape index (κ1) is 15.2. The Morgan fingerprint density at radius 1 is 1.09 bits per heavy atom. The van der Waals surface area contributed by atoms with Crippen LogP contribution in [0.3, 0.4) is 0 Å². The molecule has 0 unspecified atom stereocenters. The molecule has 0 atom stereocenters. The van der Waals surface area contributed by atoms with Gasteiger partial charge < -0.3 is 4.18 Å². The minimum absolute atomic E-state index is 0.158. The Kier molecular flexibility index (Phi) is 3.83. The fraction of sp³-hybridized carbons (Fsp3) is 0.133. The number of nitrogens with zero attached hydrogens (tertiary/aromatic N) is 4.